The number of nitrogens with one attached hydrogen (secondary N) is 2. The molecule has 0 spiro atoms. The van der Waals surface area contributed by atoms with Crippen molar-refractivity contribution in [3.05, 3.63) is 46.3 Å². The molecule has 1 aliphatic carbocycles. The van der Waals surface area contributed by atoms with Gasteiger partial charge in [-0.1, -0.05) is 24.6 Å². The van der Waals surface area contributed by atoms with Crippen LogP contribution in [0.4, 0.5) is 9.80 Å². The van der Waals surface area contributed by atoms with Crippen LogP contribution in [0.25, 0.3) is 0 Å². The highest BCUT2D eigenvalue weighted by Gasteiger charge is 2.27. The molecule has 1 heterocycles. The molecular weight excluding hydrogens is 392 g/mol. The normalized spacial score (nSPS) is 13.0. The van der Waals surface area contributed by atoms with E-state index in [1.165, 1.54) is 11.3 Å². The summed E-state index contributed by atoms with van der Waals surface area (Å²) in [6, 6.07) is 9.03. The number of imide groups is 1. The molecular formula is C21H24N2O5S. The van der Waals surface area contributed by atoms with Crippen LogP contribution in [0.5, 0.6) is 5.75 Å². The number of amides is 3. The predicted molar refractivity (Wildman–Crippen MR) is 111 cm³/mol. The Morgan fingerprint density at radius 2 is 1.83 bits per heavy atom. The van der Waals surface area contributed by atoms with E-state index in [1.54, 1.807) is 19.1 Å². The lowest BCUT2D eigenvalue weighted by atomic mass is 10.0. The Kier molecular flexibility index (Phi) is 7.24. The Balaban J connectivity index is 1.76. The second kappa shape index (κ2) is 10.1. The van der Waals surface area contributed by atoms with Crippen LogP contribution in [0.1, 0.15) is 47.0 Å². The lowest BCUT2D eigenvalue weighted by Gasteiger charge is -2.10. The first-order chi connectivity index (χ1) is 14.1. The number of para-hydroxylation sites is 1. The van der Waals surface area contributed by atoms with Crippen molar-refractivity contribution in [3.63, 3.8) is 0 Å². The van der Waals surface area contributed by atoms with E-state index in [2.05, 4.69) is 10.6 Å². The minimum Gasteiger partial charge on any atom is -0.484 e. The molecule has 0 aliphatic heterocycles. The number of carbonyl (C=O) groups excluding carboxylic acids is 3. The van der Waals surface area contributed by atoms with E-state index >= 15 is 0 Å². The summed E-state index contributed by atoms with van der Waals surface area (Å²) in [5.41, 5.74) is 1.27. The number of hydrogen-bond donors (Lipinski definition) is 2. The third-order valence-electron chi connectivity index (χ3n) is 4.51. The van der Waals surface area contributed by atoms with Gasteiger partial charge in [0, 0.05) is 4.88 Å². The molecule has 8 heteroatoms. The maximum absolute atomic E-state index is 12.8. The number of benzene rings is 1. The highest BCUT2D eigenvalue weighted by molar-refractivity contribution is 7.17. The third-order valence-corrected chi connectivity index (χ3v) is 5.71. The van der Waals surface area contributed by atoms with E-state index in [9.17, 15) is 14.4 Å². The van der Waals surface area contributed by atoms with E-state index in [-0.39, 0.29) is 19.1 Å². The zero-order valence-corrected chi connectivity index (χ0v) is 17.1. The van der Waals surface area contributed by atoms with Gasteiger partial charge in [0.15, 0.2) is 6.61 Å². The number of hydrogen-bond acceptors (Lipinski definition) is 6. The summed E-state index contributed by atoms with van der Waals surface area (Å²) in [5, 5.41) is 5.48. The summed E-state index contributed by atoms with van der Waals surface area (Å²) in [5.74, 6) is -0.331. The van der Waals surface area contributed by atoms with Crippen molar-refractivity contribution in [2.45, 2.75) is 39.0 Å². The fourth-order valence-corrected chi connectivity index (χ4v) is 4.52. The molecule has 1 aliphatic rings. The van der Waals surface area contributed by atoms with Gasteiger partial charge in [-0.15, -0.1) is 11.3 Å². The van der Waals surface area contributed by atoms with Gasteiger partial charge >= 0.3 is 6.09 Å². The van der Waals surface area contributed by atoms with Crippen molar-refractivity contribution >= 4 is 34.2 Å². The maximum Gasteiger partial charge on any atom is 0.414 e. The molecule has 29 heavy (non-hydrogen) atoms. The zero-order chi connectivity index (χ0) is 20.6. The van der Waals surface area contributed by atoms with Crippen molar-refractivity contribution in [3.8, 4) is 5.75 Å². The Morgan fingerprint density at radius 1 is 1.07 bits per heavy atom. The number of aryl methyl sites for hydroxylation is 1. The molecule has 0 saturated carbocycles. The second-order valence-corrected chi connectivity index (χ2v) is 7.70. The molecule has 0 radical (unpaired) electrons. The van der Waals surface area contributed by atoms with Gasteiger partial charge in [0.2, 0.25) is 0 Å². The fraction of sp³-hybridized carbons (Fsp3) is 0.381. The molecule has 1 aromatic heterocycles. The highest BCUT2D eigenvalue weighted by atomic mass is 32.1. The summed E-state index contributed by atoms with van der Waals surface area (Å²) in [4.78, 5) is 38.0. The van der Waals surface area contributed by atoms with Gasteiger partial charge in [0.1, 0.15) is 10.8 Å². The van der Waals surface area contributed by atoms with Gasteiger partial charge in [-0.2, -0.15) is 0 Å². The topological polar surface area (TPSA) is 93.7 Å². The Hall–Kier alpha value is -2.87. The summed E-state index contributed by atoms with van der Waals surface area (Å²) < 4.78 is 10.3. The maximum atomic E-state index is 12.8. The number of carbonyl (C=O) groups is 3. The number of rotatable bonds is 6. The van der Waals surface area contributed by atoms with Gasteiger partial charge in [-0.3, -0.25) is 14.9 Å². The van der Waals surface area contributed by atoms with Gasteiger partial charge in [-0.25, -0.2) is 4.79 Å². The number of ether oxygens (including phenoxy) is 2. The first-order valence-electron chi connectivity index (χ1n) is 9.68. The SMILES string of the molecule is CCOC(=O)NC(=O)c1c(NC(=O)COc2ccccc2)sc2c1CCCCC2. The minimum atomic E-state index is -0.796. The van der Waals surface area contributed by atoms with Crippen molar-refractivity contribution in [2.24, 2.45) is 0 Å². The van der Waals surface area contributed by atoms with E-state index < -0.39 is 12.0 Å². The molecule has 2 N–H and O–H groups in total. The molecule has 0 fully saturated rings. The first-order valence-corrected chi connectivity index (χ1v) is 10.5. The van der Waals surface area contributed by atoms with Crippen molar-refractivity contribution in [1.82, 2.24) is 5.32 Å². The van der Waals surface area contributed by atoms with Crippen LogP contribution < -0.4 is 15.4 Å². The van der Waals surface area contributed by atoms with E-state index in [0.29, 0.717) is 16.3 Å². The summed E-state index contributed by atoms with van der Waals surface area (Å²) in [7, 11) is 0. The Bertz CT molecular complexity index is 879. The quantitative estimate of drug-likeness (QED) is 0.696. The fourth-order valence-electron chi connectivity index (χ4n) is 3.22. The molecule has 3 rings (SSSR count). The van der Waals surface area contributed by atoms with Crippen LogP contribution in [0, 0.1) is 0 Å². The molecule has 0 saturated heterocycles. The molecule has 154 valence electrons. The molecule has 3 amide bonds. The molecule has 7 nitrogen and oxygen atoms in total. The largest absolute Gasteiger partial charge is 0.484 e. The van der Waals surface area contributed by atoms with Crippen LogP contribution in [0.15, 0.2) is 30.3 Å². The average Bonchev–Trinajstić information content (AvgIpc) is 2.88. The van der Waals surface area contributed by atoms with Crippen LogP contribution >= 0.6 is 11.3 Å². The Labute approximate surface area is 173 Å². The molecule has 0 unspecified atom stereocenters. The average molecular weight is 416 g/mol. The summed E-state index contributed by atoms with van der Waals surface area (Å²) >= 11 is 1.39. The highest BCUT2D eigenvalue weighted by Crippen LogP contribution is 2.37. The summed E-state index contributed by atoms with van der Waals surface area (Å²) in [6.45, 7) is 1.66. The standard InChI is InChI=1S/C21H24N2O5S/c1-2-27-21(26)23-19(25)18-15-11-7-4-8-12-16(15)29-20(18)22-17(24)13-28-14-9-5-3-6-10-14/h3,5-6,9-10H,2,4,7-8,11-13H2,1H3,(H,22,24)(H,23,25,26). The van der Waals surface area contributed by atoms with Gasteiger partial charge in [-0.05, 0) is 50.3 Å². The summed E-state index contributed by atoms with van der Waals surface area (Å²) in [6.07, 6.45) is 3.90. The van der Waals surface area contributed by atoms with E-state index in [4.69, 9.17) is 9.47 Å². The van der Waals surface area contributed by atoms with Crippen LogP contribution in [-0.4, -0.2) is 31.1 Å². The molecule has 1 aromatic carbocycles. The number of thiophene rings is 1. The second-order valence-electron chi connectivity index (χ2n) is 6.59. The van der Waals surface area contributed by atoms with E-state index in [1.807, 2.05) is 18.2 Å². The number of fused-ring (bicyclic) bond motifs is 1. The molecule has 2 aromatic rings. The van der Waals surface area contributed by atoms with Gasteiger partial charge in [0.05, 0.1) is 12.2 Å². The third kappa shape index (κ3) is 5.57. The van der Waals surface area contributed by atoms with Gasteiger partial charge < -0.3 is 14.8 Å². The predicted octanol–water partition coefficient (Wildman–Crippen LogP) is 3.92. The Morgan fingerprint density at radius 3 is 2.59 bits per heavy atom. The minimum absolute atomic E-state index is 0.168. The smallest absolute Gasteiger partial charge is 0.414 e. The monoisotopic (exact) mass is 416 g/mol. The zero-order valence-electron chi connectivity index (χ0n) is 16.3. The van der Waals surface area contributed by atoms with Crippen LogP contribution in [-0.2, 0) is 22.4 Å². The van der Waals surface area contributed by atoms with Crippen LogP contribution in [0.2, 0.25) is 0 Å². The van der Waals surface area contributed by atoms with E-state index in [0.717, 1.165) is 42.5 Å². The number of alkyl carbamates (subject to hydrolysis) is 1. The molecule has 0 atom stereocenters. The van der Waals surface area contributed by atoms with Crippen molar-refractivity contribution in [1.29, 1.82) is 0 Å². The molecule has 0 bridgehead atoms. The lowest BCUT2D eigenvalue weighted by Crippen LogP contribution is -2.32. The van der Waals surface area contributed by atoms with Crippen molar-refractivity contribution < 1.29 is 23.9 Å². The van der Waals surface area contributed by atoms with Crippen molar-refractivity contribution in [2.75, 3.05) is 18.5 Å². The van der Waals surface area contributed by atoms with Gasteiger partial charge in [0.25, 0.3) is 11.8 Å². The number of anilines is 1. The van der Waals surface area contributed by atoms with Crippen LogP contribution in [0.3, 0.4) is 0 Å². The first kappa shape index (κ1) is 20.9. The lowest BCUT2D eigenvalue weighted by molar-refractivity contribution is -0.118.